The predicted octanol–water partition coefficient (Wildman–Crippen LogP) is 4.31. The van der Waals surface area contributed by atoms with E-state index in [9.17, 15) is 4.79 Å². The largest absolute Gasteiger partial charge is 0.486 e. The maximum atomic E-state index is 13.1. The Kier molecular flexibility index (Phi) is 5.30. The average molecular weight is 453 g/mol. The average Bonchev–Trinajstić information content (AvgIpc) is 2.68. The molecule has 2 heterocycles. The van der Waals surface area contributed by atoms with E-state index in [1.165, 1.54) is 0 Å². The third-order valence-electron chi connectivity index (χ3n) is 4.94. The molecule has 1 fully saturated rings. The molecule has 5 nitrogen and oxygen atoms in total. The van der Waals surface area contributed by atoms with Crippen molar-refractivity contribution in [2.45, 2.75) is 18.4 Å². The molecule has 2 aromatic rings. The lowest BCUT2D eigenvalue weighted by atomic mass is 9.82. The first-order chi connectivity index (χ1) is 13.1. The van der Waals surface area contributed by atoms with Crippen LogP contribution in [-0.2, 0) is 10.3 Å². The summed E-state index contributed by atoms with van der Waals surface area (Å²) in [7, 11) is 0. The SMILES string of the molecule is O=C(NC1(c2cccc(Br)c2)CCOCC1)c1cc(Cl)c2c(c1)OCCO2. The van der Waals surface area contributed by atoms with Crippen LogP contribution in [-0.4, -0.2) is 32.3 Å². The molecule has 2 aromatic carbocycles. The van der Waals surface area contributed by atoms with Crippen LogP contribution in [0.5, 0.6) is 11.5 Å². The van der Waals surface area contributed by atoms with Gasteiger partial charge in [-0.05, 0) is 42.7 Å². The minimum absolute atomic E-state index is 0.198. The summed E-state index contributed by atoms with van der Waals surface area (Å²) in [5, 5.41) is 3.61. The second-order valence-corrected chi connectivity index (χ2v) is 7.96. The fourth-order valence-electron chi connectivity index (χ4n) is 3.52. The highest BCUT2D eigenvalue weighted by molar-refractivity contribution is 9.10. The molecular weight excluding hydrogens is 434 g/mol. The van der Waals surface area contributed by atoms with E-state index < -0.39 is 5.54 Å². The van der Waals surface area contributed by atoms with Gasteiger partial charge in [0, 0.05) is 23.2 Å². The van der Waals surface area contributed by atoms with Gasteiger partial charge in [-0.2, -0.15) is 0 Å². The van der Waals surface area contributed by atoms with Crippen molar-refractivity contribution >= 4 is 33.4 Å². The van der Waals surface area contributed by atoms with Crippen LogP contribution in [0.25, 0.3) is 0 Å². The zero-order chi connectivity index (χ0) is 18.9. The third kappa shape index (κ3) is 3.79. The summed E-state index contributed by atoms with van der Waals surface area (Å²) in [5.41, 5.74) is 1.01. The van der Waals surface area contributed by atoms with E-state index in [4.69, 9.17) is 25.8 Å². The van der Waals surface area contributed by atoms with E-state index in [1.54, 1.807) is 12.1 Å². The number of carbonyl (C=O) groups excluding carboxylic acids is 1. The Morgan fingerprint density at radius 1 is 1.07 bits per heavy atom. The monoisotopic (exact) mass is 451 g/mol. The summed E-state index contributed by atoms with van der Waals surface area (Å²) in [5.74, 6) is 0.797. The first-order valence-corrected chi connectivity index (χ1v) is 10.00. The smallest absolute Gasteiger partial charge is 0.252 e. The highest BCUT2D eigenvalue weighted by Crippen LogP contribution is 2.39. The predicted molar refractivity (Wildman–Crippen MR) is 106 cm³/mol. The number of amides is 1. The lowest BCUT2D eigenvalue weighted by molar-refractivity contribution is 0.0345. The second kappa shape index (κ2) is 7.70. The first-order valence-electron chi connectivity index (χ1n) is 8.83. The molecule has 1 N–H and O–H groups in total. The normalized spacial score (nSPS) is 18.0. The van der Waals surface area contributed by atoms with Gasteiger partial charge in [-0.3, -0.25) is 4.79 Å². The summed E-state index contributed by atoms with van der Waals surface area (Å²) < 4.78 is 17.6. The van der Waals surface area contributed by atoms with Gasteiger partial charge in [0.1, 0.15) is 13.2 Å². The van der Waals surface area contributed by atoms with Gasteiger partial charge < -0.3 is 19.5 Å². The molecule has 4 rings (SSSR count). The van der Waals surface area contributed by atoms with E-state index in [2.05, 4.69) is 21.2 Å². The van der Waals surface area contributed by atoms with Crippen molar-refractivity contribution < 1.29 is 19.0 Å². The van der Waals surface area contributed by atoms with E-state index in [0.717, 1.165) is 10.0 Å². The van der Waals surface area contributed by atoms with E-state index in [-0.39, 0.29) is 5.91 Å². The van der Waals surface area contributed by atoms with Crippen molar-refractivity contribution in [2.24, 2.45) is 0 Å². The number of hydrogen-bond acceptors (Lipinski definition) is 4. The summed E-state index contributed by atoms with van der Waals surface area (Å²) in [6, 6.07) is 11.3. The molecular formula is C20H19BrClNO4. The molecule has 0 bridgehead atoms. The summed E-state index contributed by atoms with van der Waals surface area (Å²) in [4.78, 5) is 13.1. The van der Waals surface area contributed by atoms with Gasteiger partial charge >= 0.3 is 0 Å². The highest BCUT2D eigenvalue weighted by Gasteiger charge is 2.36. The Hall–Kier alpha value is -1.76. The third-order valence-corrected chi connectivity index (χ3v) is 5.71. The molecule has 0 radical (unpaired) electrons. The molecule has 142 valence electrons. The number of ether oxygens (including phenoxy) is 3. The van der Waals surface area contributed by atoms with E-state index in [0.29, 0.717) is 61.4 Å². The second-order valence-electron chi connectivity index (χ2n) is 6.64. The van der Waals surface area contributed by atoms with Gasteiger partial charge in [0.05, 0.1) is 10.6 Å². The number of rotatable bonds is 3. The van der Waals surface area contributed by atoms with E-state index >= 15 is 0 Å². The van der Waals surface area contributed by atoms with Gasteiger partial charge in [0.15, 0.2) is 11.5 Å². The maximum absolute atomic E-state index is 13.1. The zero-order valence-electron chi connectivity index (χ0n) is 14.6. The molecule has 0 aromatic heterocycles. The van der Waals surface area contributed by atoms with Crippen LogP contribution in [0.15, 0.2) is 40.9 Å². The van der Waals surface area contributed by atoms with Gasteiger partial charge in [-0.1, -0.05) is 39.7 Å². The molecule has 1 saturated heterocycles. The van der Waals surface area contributed by atoms with Crippen LogP contribution in [0.1, 0.15) is 28.8 Å². The quantitative estimate of drug-likeness (QED) is 0.754. The number of halogens is 2. The van der Waals surface area contributed by atoms with Crippen LogP contribution >= 0.6 is 27.5 Å². The summed E-state index contributed by atoms with van der Waals surface area (Å²) in [6.45, 7) is 2.07. The van der Waals surface area contributed by atoms with Gasteiger partial charge in [0.2, 0.25) is 0 Å². The van der Waals surface area contributed by atoms with Gasteiger partial charge in [-0.25, -0.2) is 0 Å². The Bertz CT molecular complexity index is 867. The molecule has 0 spiro atoms. The van der Waals surface area contributed by atoms with Crippen molar-refractivity contribution in [3.05, 3.63) is 57.0 Å². The Morgan fingerprint density at radius 2 is 1.85 bits per heavy atom. The fourth-order valence-corrected chi connectivity index (χ4v) is 4.19. The molecule has 0 atom stereocenters. The minimum Gasteiger partial charge on any atom is -0.486 e. The number of fused-ring (bicyclic) bond motifs is 1. The summed E-state index contributed by atoms with van der Waals surface area (Å²) in [6.07, 6.45) is 1.40. The minimum atomic E-state index is -0.487. The standard InChI is InChI=1S/C20H19BrClNO4/c21-15-3-1-2-14(12-15)20(4-6-25-7-5-20)23-19(24)13-10-16(22)18-17(11-13)26-8-9-27-18/h1-3,10-12H,4-9H2,(H,23,24). The maximum Gasteiger partial charge on any atom is 0.252 e. The van der Waals surface area contributed by atoms with Crippen molar-refractivity contribution in [3.63, 3.8) is 0 Å². The van der Waals surface area contributed by atoms with Crippen molar-refractivity contribution in [3.8, 4) is 11.5 Å². The number of nitrogens with one attached hydrogen (secondary N) is 1. The molecule has 0 saturated carbocycles. The zero-order valence-corrected chi connectivity index (χ0v) is 16.9. The van der Waals surface area contributed by atoms with Crippen LogP contribution in [0.4, 0.5) is 0 Å². The van der Waals surface area contributed by atoms with Crippen molar-refractivity contribution in [1.29, 1.82) is 0 Å². The molecule has 0 unspecified atom stereocenters. The van der Waals surface area contributed by atoms with Gasteiger partial charge in [-0.15, -0.1) is 0 Å². The van der Waals surface area contributed by atoms with Crippen molar-refractivity contribution in [1.82, 2.24) is 5.32 Å². The first kappa shape index (κ1) is 18.6. The van der Waals surface area contributed by atoms with Gasteiger partial charge in [0.25, 0.3) is 5.91 Å². The molecule has 0 aliphatic carbocycles. The molecule has 27 heavy (non-hydrogen) atoms. The molecule has 2 aliphatic rings. The molecule has 2 aliphatic heterocycles. The highest BCUT2D eigenvalue weighted by atomic mass is 79.9. The van der Waals surface area contributed by atoms with Crippen molar-refractivity contribution in [2.75, 3.05) is 26.4 Å². The molecule has 1 amide bonds. The lowest BCUT2D eigenvalue weighted by Crippen LogP contribution is -2.49. The van der Waals surface area contributed by atoms with Crippen LogP contribution in [0.2, 0.25) is 5.02 Å². The fraction of sp³-hybridized carbons (Fsp3) is 0.350. The topological polar surface area (TPSA) is 56.8 Å². The molecule has 7 heteroatoms. The van der Waals surface area contributed by atoms with Crippen LogP contribution < -0.4 is 14.8 Å². The lowest BCUT2D eigenvalue weighted by Gasteiger charge is -2.38. The summed E-state index contributed by atoms with van der Waals surface area (Å²) >= 11 is 9.82. The number of benzene rings is 2. The number of carbonyl (C=O) groups is 1. The Balaban J connectivity index is 1.66. The van der Waals surface area contributed by atoms with Crippen LogP contribution in [0.3, 0.4) is 0 Å². The van der Waals surface area contributed by atoms with E-state index in [1.807, 2.05) is 24.3 Å². The number of hydrogen-bond donors (Lipinski definition) is 1. The Labute approximate surface area is 171 Å². The van der Waals surface area contributed by atoms with Crippen LogP contribution in [0, 0.1) is 0 Å². The Morgan fingerprint density at radius 3 is 2.63 bits per heavy atom.